The fourth-order valence-corrected chi connectivity index (χ4v) is 2.02. The second-order valence-corrected chi connectivity index (χ2v) is 5.04. The van der Waals surface area contributed by atoms with E-state index in [9.17, 15) is 8.78 Å². The molecule has 0 amide bonds. The number of aromatic nitrogens is 2. The number of halogens is 4. The lowest BCUT2D eigenvalue weighted by molar-refractivity contribution is 0.178. The van der Waals surface area contributed by atoms with Gasteiger partial charge in [-0.15, -0.1) is 0 Å². The number of benzene rings is 1. The summed E-state index contributed by atoms with van der Waals surface area (Å²) in [4.78, 5) is 8.05. The molecular weight excluding hydrogens is 356 g/mol. The topological polar surface area (TPSA) is 47.0 Å². The summed E-state index contributed by atoms with van der Waals surface area (Å²) in [6.07, 6.45) is 0. The number of ether oxygens (including phenoxy) is 1. The number of methoxy groups -OCH3 is 1. The van der Waals surface area contributed by atoms with Crippen LogP contribution >= 0.6 is 27.5 Å². The Kier molecular flexibility index (Phi) is 4.85. The first-order chi connectivity index (χ1) is 9.49. The Balaban J connectivity index is 2.32. The number of nitrogens with one attached hydrogen (secondary N) is 1. The predicted octanol–water partition coefficient (Wildman–Crippen LogP) is 4.06. The number of nitrogens with zero attached hydrogens (tertiary/aromatic N) is 2. The molecular formula is C12H9BrClF2N3O. The van der Waals surface area contributed by atoms with Crippen molar-refractivity contribution < 1.29 is 13.5 Å². The summed E-state index contributed by atoms with van der Waals surface area (Å²) in [6, 6.07) is 3.47. The van der Waals surface area contributed by atoms with E-state index in [-0.39, 0.29) is 27.7 Å². The smallest absolute Gasteiger partial charge is 0.158 e. The molecule has 0 saturated heterocycles. The first-order valence-electron chi connectivity index (χ1n) is 5.43. The Morgan fingerprint density at radius 2 is 2.00 bits per heavy atom. The third-order valence-corrected chi connectivity index (χ3v) is 3.09. The lowest BCUT2D eigenvalue weighted by atomic mass is 10.3. The average molecular weight is 365 g/mol. The highest BCUT2D eigenvalue weighted by Gasteiger charge is 2.10. The van der Waals surface area contributed by atoms with Crippen molar-refractivity contribution in [1.82, 2.24) is 9.97 Å². The van der Waals surface area contributed by atoms with Crippen LogP contribution in [0.5, 0.6) is 0 Å². The van der Waals surface area contributed by atoms with E-state index >= 15 is 0 Å². The second kappa shape index (κ2) is 6.43. The first-order valence-corrected chi connectivity index (χ1v) is 6.60. The van der Waals surface area contributed by atoms with Gasteiger partial charge in [0.15, 0.2) is 5.82 Å². The van der Waals surface area contributed by atoms with Crippen LogP contribution in [0, 0.1) is 11.6 Å². The Labute approximate surface area is 127 Å². The molecule has 0 unspecified atom stereocenters. The zero-order valence-electron chi connectivity index (χ0n) is 10.3. The monoisotopic (exact) mass is 363 g/mol. The number of rotatable bonds is 4. The maximum atomic E-state index is 13.6. The van der Waals surface area contributed by atoms with Crippen LogP contribution in [0.2, 0.25) is 5.15 Å². The summed E-state index contributed by atoms with van der Waals surface area (Å²) in [7, 11) is 1.49. The Hall–Kier alpha value is -1.31. The average Bonchev–Trinajstić information content (AvgIpc) is 2.35. The predicted molar refractivity (Wildman–Crippen MR) is 75.1 cm³/mol. The van der Waals surface area contributed by atoms with Gasteiger partial charge in [-0.05, 0) is 22.0 Å². The van der Waals surface area contributed by atoms with Crippen LogP contribution in [0.1, 0.15) is 5.82 Å². The molecule has 0 atom stereocenters. The number of hydrogen-bond donors (Lipinski definition) is 1. The molecule has 1 N–H and O–H groups in total. The molecule has 0 aliphatic rings. The quantitative estimate of drug-likeness (QED) is 0.656. The third kappa shape index (κ3) is 3.62. The summed E-state index contributed by atoms with van der Waals surface area (Å²) in [5.41, 5.74) is 0.0661. The van der Waals surface area contributed by atoms with Gasteiger partial charge in [0.05, 0.1) is 10.2 Å². The Morgan fingerprint density at radius 1 is 1.25 bits per heavy atom. The van der Waals surface area contributed by atoms with Gasteiger partial charge >= 0.3 is 0 Å². The molecule has 1 heterocycles. The van der Waals surface area contributed by atoms with E-state index in [4.69, 9.17) is 16.3 Å². The Bertz CT molecular complexity index is 642. The molecule has 1 aromatic heterocycles. The highest BCUT2D eigenvalue weighted by molar-refractivity contribution is 9.10. The maximum absolute atomic E-state index is 13.6. The summed E-state index contributed by atoms with van der Waals surface area (Å²) >= 11 is 8.83. The van der Waals surface area contributed by atoms with Gasteiger partial charge in [0, 0.05) is 19.2 Å². The molecule has 0 bridgehead atoms. The van der Waals surface area contributed by atoms with Crippen molar-refractivity contribution in [3.05, 3.63) is 45.3 Å². The molecule has 0 fully saturated rings. The van der Waals surface area contributed by atoms with E-state index < -0.39 is 11.6 Å². The lowest BCUT2D eigenvalue weighted by Gasteiger charge is -2.09. The molecule has 1 aromatic carbocycles. The van der Waals surface area contributed by atoms with Crippen molar-refractivity contribution in [1.29, 1.82) is 0 Å². The fourth-order valence-electron chi connectivity index (χ4n) is 1.48. The SMILES string of the molecule is COCc1nc(Cl)cc(Nc2cc(Br)c(F)cc2F)n1. The van der Waals surface area contributed by atoms with Crippen molar-refractivity contribution in [2.45, 2.75) is 6.61 Å². The van der Waals surface area contributed by atoms with E-state index in [2.05, 4.69) is 31.2 Å². The summed E-state index contributed by atoms with van der Waals surface area (Å²) in [6.45, 7) is 0.171. The van der Waals surface area contributed by atoms with Gasteiger partial charge in [-0.2, -0.15) is 0 Å². The van der Waals surface area contributed by atoms with Crippen LogP contribution in [-0.4, -0.2) is 17.1 Å². The molecule has 0 aliphatic carbocycles. The van der Waals surface area contributed by atoms with Crippen LogP contribution in [0.25, 0.3) is 0 Å². The molecule has 0 saturated carbocycles. The molecule has 4 nitrogen and oxygen atoms in total. The molecule has 20 heavy (non-hydrogen) atoms. The zero-order valence-corrected chi connectivity index (χ0v) is 12.6. The minimum Gasteiger partial charge on any atom is -0.377 e. The van der Waals surface area contributed by atoms with Crippen molar-refractivity contribution in [2.75, 3.05) is 12.4 Å². The van der Waals surface area contributed by atoms with Gasteiger partial charge in [-0.3, -0.25) is 0 Å². The van der Waals surface area contributed by atoms with E-state index in [1.54, 1.807) is 0 Å². The summed E-state index contributed by atoms with van der Waals surface area (Å²) in [5, 5.41) is 2.91. The van der Waals surface area contributed by atoms with Crippen molar-refractivity contribution >= 4 is 39.0 Å². The van der Waals surface area contributed by atoms with Crippen LogP contribution in [0.15, 0.2) is 22.7 Å². The Morgan fingerprint density at radius 3 is 2.70 bits per heavy atom. The van der Waals surface area contributed by atoms with Gasteiger partial charge in [0.2, 0.25) is 0 Å². The van der Waals surface area contributed by atoms with Gasteiger partial charge in [0.1, 0.15) is 29.2 Å². The van der Waals surface area contributed by atoms with Gasteiger partial charge in [-0.25, -0.2) is 18.7 Å². The van der Waals surface area contributed by atoms with Gasteiger partial charge in [0.25, 0.3) is 0 Å². The molecule has 2 rings (SSSR count). The van der Waals surface area contributed by atoms with E-state index in [1.165, 1.54) is 19.2 Å². The molecule has 0 aliphatic heterocycles. The van der Waals surface area contributed by atoms with Crippen molar-refractivity contribution in [2.24, 2.45) is 0 Å². The normalized spacial score (nSPS) is 10.7. The number of anilines is 2. The molecule has 106 valence electrons. The van der Waals surface area contributed by atoms with E-state index in [0.29, 0.717) is 5.82 Å². The van der Waals surface area contributed by atoms with Crippen LogP contribution in [0.4, 0.5) is 20.3 Å². The molecule has 8 heteroatoms. The highest BCUT2D eigenvalue weighted by atomic mass is 79.9. The second-order valence-electron chi connectivity index (χ2n) is 3.80. The van der Waals surface area contributed by atoms with E-state index in [0.717, 1.165) is 6.07 Å². The summed E-state index contributed by atoms with van der Waals surface area (Å²) in [5.74, 6) is -0.791. The minimum atomic E-state index is -0.742. The lowest BCUT2D eigenvalue weighted by Crippen LogP contribution is -2.03. The first kappa shape index (κ1) is 15.1. The maximum Gasteiger partial charge on any atom is 0.158 e. The van der Waals surface area contributed by atoms with Crippen LogP contribution in [-0.2, 0) is 11.3 Å². The number of hydrogen-bond acceptors (Lipinski definition) is 4. The fraction of sp³-hybridized carbons (Fsp3) is 0.167. The molecule has 2 aromatic rings. The molecule has 0 radical (unpaired) electrons. The highest BCUT2D eigenvalue weighted by Crippen LogP contribution is 2.26. The van der Waals surface area contributed by atoms with E-state index in [1.807, 2.05) is 0 Å². The van der Waals surface area contributed by atoms with Crippen molar-refractivity contribution in [3.63, 3.8) is 0 Å². The largest absolute Gasteiger partial charge is 0.377 e. The molecule has 0 spiro atoms. The third-order valence-electron chi connectivity index (χ3n) is 2.29. The van der Waals surface area contributed by atoms with Crippen LogP contribution in [0.3, 0.4) is 0 Å². The van der Waals surface area contributed by atoms with Gasteiger partial charge < -0.3 is 10.1 Å². The van der Waals surface area contributed by atoms with Crippen LogP contribution < -0.4 is 5.32 Å². The zero-order chi connectivity index (χ0) is 14.7. The standard InChI is InChI=1S/C12H9BrClF2N3O/c1-20-5-12-18-10(14)4-11(19-12)17-9-2-6(13)7(15)3-8(9)16/h2-4H,5H2,1H3,(H,17,18,19). The van der Waals surface area contributed by atoms with Gasteiger partial charge in [-0.1, -0.05) is 11.6 Å². The summed E-state index contributed by atoms with van der Waals surface area (Å²) < 4.78 is 31.8. The minimum absolute atomic E-state index is 0.0661. The van der Waals surface area contributed by atoms with Crippen molar-refractivity contribution in [3.8, 4) is 0 Å².